The Morgan fingerprint density at radius 1 is 0.592 bits per heavy atom. The Kier molecular flexibility index (Phi) is 7.89. The van der Waals surface area contributed by atoms with Crippen LogP contribution in [-0.4, -0.2) is 39.9 Å². The number of aromatic nitrogens is 8. The standard InChI is InChI=1S/C20H15FN4.C19H15FN4/c21-15-3-1-2-14(10-15)18-16(12-6-8-22-9-7-12)11-17-20(24-18)25-19(23-17)13-4-5-13;1-2-17-22-16-11-15(12-6-8-21-9-7-12)18(24-19(16)23-17)13-4-3-5-14(20)10-13/h1-3,6-11,13H,4-5H2,(H,23,24,25);3-11H,2H2,1H3,(H,22,23,24). The monoisotopic (exact) mass is 648 g/mol. The van der Waals surface area contributed by atoms with Gasteiger partial charge in [0.05, 0.1) is 22.4 Å². The van der Waals surface area contributed by atoms with Gasteiger partial charge < -0.3 is 9.97 Å². The molecule has 2 N–H and O–H groups in total. The maximum atomic E-state index is 13.8. The second kappa shape index (κ2) is 12.8. The number of pyridine rings is 4. The Morgan fingerprint density at radius 3 is 1.59 bits per heavy atom. The molecule has 49 heavy (non-hydrogen) atoms. The number of hydrogen-bond acceptors (Lipinski definition) is 6. The van der Waals surface area contributed by atoms with Crippen LogP contribution < -0.4 is 0 Å². The number of aromatic amines is 2. The predicted octanol–water partition coefficient (Wildman–Crippen LogP) is 9.09. The molecule has 9 rings (SSSR count). The van der Waals surface area contributed by atoms with Gasteiger partial charge in [0.15, 0.2) is 11.3 Å². The van der Waals surface area contributed by atoms with E-state index in [4.69, 9.17) is 9.97 Å². The predicted molar refractivity (Wildman–Crippen MR) is 186 cm³/mol. The van der Waals surface area contributed by atoms with E-state index in [0.29, 0.717) is 22.9 Å². The van der Waals surface area contributed by atoms with Crippen molar-refractivity contribution in [3.8, 4) is 44.8 Å². The quantitative estimate of drug-likeness (QED) is 0.186. The summed E-state index contributed by atoms with van der Waals surface area (Å²) < 4.78 is 27.5. The maximum Gasteiger partial charge on any atom is 0.178 e. The number of benzene rings is 2. The molecule has 0 unspecified atom stereocenters. The number of halogens is 2. The fourth-order valence-electron chi connectivity index (χ4n) is 5.89. The van der Waals surface area contributed by atoms with Gasteiger partial charge in [-0.3, -0.25) is 9.97 Å². The van der Waals surface area contributed by atoms with Gasteiger partial charge in [-0.05, 0) is 84.6 Å². The molecule has 8 nitrogen and oxygen atoms in total. The molecule has 6 heterocycles. The van der Waals surface area contributed by atoms with Crippen molar-refractivity contribution in [2.24, 2.45) is 0 Å². The smallest absolute Gasteiger partial charge is 0.178 e. The fraction of sp³-hybridized carbons (Fsp3) is 0.128. The number of nitrogens with zero attached hydrogens (tertiary/aromatic N) is 6. The number of fused-ring (bicyclic) bond motifs is 2. The summed E-state index contributed by atoms with van der Waals surface area (Å²) in [4.78, 5) is 33.4. The lowest BCUT2D eigenvalue weighted by Crippen LogP contribution is -1.92. The molecule has 1 fully saturated rings. The van der Waals surface area contributed by atoms with E-state index in [0.717, 1.165) is 68.2 Å². The minimum Gasteiger partial charge on any atom is -0.341 e. The number of aryl methyl sites for hydroxylation is 1. The van der Waals surface area contributed by atoms with Crippen LogP contribution >= 0.6 is 0 Å². The summed E-state index contributed by atoms with van der Waals surface area (Å²) >= 11 is 0. The van der Waals surface area contributed by atoms with E-state index in [2.05, 4.69) is 36.0 Å². The molecule has 0 saturated heterocycles. The summed E-state index contributed by atoms with van der Waals surface area (Å²) in [5.41, 5.74) is 9.84. The van der Waals surface area contributed by atoms with Gasteiger partial charge in [-0.25, -0.2) is 28.7 Å². The number of nitrogens with one attached hydrogen (secondary N) is 2. The molecular formula is C39H30F2N8. The first-order valence-electron chi connectivity index (χ1n) is 16.2. The van der Waals surface area contributed by atoms with Crippen molar-refractivity contribution in [1.29, 1.82) is 0 Å². The summed E-state index contributed by atoms with van der Waals surface area (Å²) in [6.45, 7) is 2.04. The Labute approximate surface area is 280 Å². The summed E-state index contributed by atoms with van der Waals surface area (Å²) in [7, 11) is 0. The minimum atomic E-state index is -0.286. The molecule has 1 aliphatic rings. The molecule has 0 aliphatic heterocycles. The molecule has 6 aromatic heterocycles. The zero-order chi connectivity index (χ0) is 33.3. The molecular weight excluding hydrogens is 618 g/mol. The topological polar surface area (TPSA) is 109 Å². The van der Waals surface area contributed by atoms with Crippen LogP contribution in [0, 0.1) is 11.6 Å². The second-order valence-electron chi connectivity index (χ2n) is 11.9. The highest BCUT2D eigenvalue weighted by Crippen LogP contribution is 2.40. The molecule has 10 heteroatoms. The van der Waals surface area contributed by atoms with Crippen LogP contribution in [0.4, 0.5) is 8.78 Å². The highest BCUT2D eigenvalue weighted by molar-refractivity contribution is 5.90. The van der Waals surface area contributed by atoms with E-state index >= 15 is 0 Å². The third kappa shape index (κ3) is 6.28. The van der Waals surface area contributed by atoms with Crippen molar-refractivity contribution in [3.63, 3.8) is 0 Å². The van der Waals surface area contributed by atoms with Gasteiger partial charge >= 0.3 is 0 Å². The van der Waals surface area contributed by atoms with Crippen molar-refractivity contribution in [3.05, 3.63) is 133 Å². The van der Waals surface area contributed by atoms with Crippen LogP contribution in [0.2, 0.25) is 0 Å². The summed E-state index contributed by atoms with van der Waals surface area (Å²) in [5.74, 6) is 1.84. The molecule has 240 valence electrons. The third-order valence-corrected chi connectivity index (χ3v) is 8.49. The molecule has 1 aliphatic carbocycles. The zero-order valence-corrected chi connectivity index (χ0v) is 26.5. The van der Waals surface area contributed by atoms with Crippen molar-refractivity contribution in [2.45, 2.75) is 32.1 Å². The van der Waals surface area contributed by atoms with Gasteiger partial charge in [-0.2, -0.15) is 0 Å². The number of imidazole rings is 2. The summed E-state index contributed by atoms with van der Waals surface area (Å²) in [5, 5.41) is 0. The van der Waals surface area contributed by atoms with Crippen LogP contribution in [0.15, 0.2) is 110 Å². The molecule has 0 spiro atoms. The fourth-order valence-corrected chi connectivity index (χ4v) is 5.89. The number of H-pyrrole nitrogens is 2. The Hall–Kier alpha value is -6.16. The van der Waals surface area contributed by atoms with E-state index in [-0.39, 0.29) is 11.6 Å². The van der Waals surface area contributed by atoms with Crippen molar-refractivity contribution < 1.29 is 8.78 Å². The second-order valence-corrected chi connectivity index (χ2v) is 11.9. The Bertz CT molecular complexity index is 2420. The lowest BCUT2D eigenvalue weighted by molar-refractivity contribution is 0.628. The molecule has 8 aromatic rings. The highest BCUT2D eigenvalue weighted by atomic mass is 19.1. The van der Waals surface area contributed by atoms with Gasteiger partial charge in [-0.1, -0.05) is 31.2 Å². The first kappa shape index (κ1) is 30.2. The van der Waals surface area contributed by atoms with E-state index in [1.165, 1.54) is 37.1 Å². The average Bonchev–Trinajstić information content (AvgIpc) is 3.78. The van der Waals surface area contributed by atoms with Crippen LogP contribution in [0.3, 0.4) is 0 Å². The van der Waals surface area contributed by atoms with Gasteiger partial charge in [0.25, 0.3) is 0 Å². The molecule has 0 bridgehead atoms. The minimum absolute atomic E-state index is 0.277. The van der Waals surface area contributed by atoms with Crippen LogP contribution in [0.1, 0.15) is 37.3 Å². The zero-order valence-electron chi connectivity index (χ0n) is 26.5. The normalized spacial score (nSPS) is 12.6. The maximum absolute atomic E-state index is 13.8. The van der Waals surface area contributed by atoms with Gasteiger partial charge in [0.2, 0.25) is 0 Å². The Morgan fingerprint density at radius 2 is 1.10 bits per heavy atom. The van der Waals surface area contributed by atoms with Gasteiger partial charge in [-0.15, -0.1) is 0 Å². The van der Waals surface area contributed by atoms with E-state index < -0.39 is 0 Å². The summed E-state index contributed by atoms with van der Waals surface area (Å²) in [6, 6.07) is 24.8. The first-order valence-corrected chi connectivity index (χ1v) is 16.2. The van der Waals surface area contributed by atoms with E-state index in [1.807, 2.05) is 49.4 Å². The molecule has 1 saturated carbocycles. The summed E-state index contributed by atoms with van der Waals surface area (Å²) in [6.07, 6.45) is 10.1. The number of hydrogen-bond donors (Lipinski definition) is 2. The van der Waals surface area contributed by atoms with Crippen LogP contribution in [0.5, 0.6) is 0 Å². The Balaban J connectivity index is 0.000000142. The molecule has 2 aromatic carbocycles. The van der Waals surface area contributed by atoms with Crippen molar-refractivity contribution >= 4 is 22.3 Å². The largest absolute Gasteiger partial charge is 0.341 e. The first-order chi connectivity index (χ1) is 24.0. The van der Waals surface area contributed by atoms with Crippen LogP contribution in [-0.2, 0) is 6.42 Å². The molecule has 0 radical (unpaired) electrons. The van der Waals surface area contributed by atoms with Crippen molar-refractivity contribution in [1.82, 2.24) is 39.9 Å². The average molecular weight is 649 g/mol. The highest BCUT2D eigenvalue weighted by Gasteiger charge is 2.27. The van der Waals surface area contributed by atoms with E-state index in [1.54, 1.807) is 36.9 Å². The lowest BCUT2D eigenvalue weighted by Gasteiger charge is -2.09. The van der Waals surface area contributed by atoms with Crippen molar-refractivity contribution in [2.75, 3.05) is 0 Å². The van der Waals surface area contributed by atoms with Crippen LogP contribution in [0.25, 0.3) is 67.1 Å². The van der Waals surface area contributed by atoms with E-state index in [9.17, 15) is 8.78 Å². The molecule has 0 atom stereocenters. The number of rotatable bonds is 6. The lowest BCUT2D eigenvalue weighted by atomic mass is 10.00. The van der Waals surface area contributed by atoms with Gasteiger partial charge in [0, 0.05) is 59.4 Å². The molecule has 0 amide bonds. The third-order valence-electron chi connectivity index (χ3n) is 8.49. The van der Waals surface area contributed by atoms with Gasteiger partial charge in [0.1, 0.15) is 23.3 Å². The SMILES string of the molecule is CCc1nc2nc(-c3cccc(F)c3)c(-c3ccncc3)cc2[nH]1.Fc1cccc(-c2nc3nc(C4CC4)[nH]c3cc2-c2ccncc2)c1.